The summed E-state index contributed by atoms with van der Waals surface area (Å²) in [5, 5.41) is 0.703. The summed E-state index contributed by atoms with van der Waals surface area (Å²) in [4.78, 5) is 33.2. The van der Waals surface area contributed by atoms with Gasteiger partial charge >= 0.3 is 0 Å². The molecule has 3 rings (SSSR count). The van der Waals surface area contributed by atoms with Crippen LogP contribution in [0.25, 0.3) is 10.2 Å². The van der Waals surface area contributed by atoms with Crippen LogP contribution in [0.1, 0.15) is 36.6 Å². The SMILES string of the molecule is Cc1sc2ncn(CCC(=O)N3CCC[C@@H](C)C3)c(=O)c2c1C. The third-order valence-electron chi connectivity index (χ3n) is 4.73. The number of amides is 1. The van der Waals surface area contributed by atoms with Crippen LogP contribution in [0.15, 0.2) is 11.1 Å². The second kappa shape index (κ2) is 6.43. The first-order chi connectivity index (χ1) is 11.0. The van der Waals surface area contributed by atoms with E-state index in [-0.39, 0.29) is 11.5 Å². The summed E-state index contributed by atoms with van der Waals surface area (Å²) in [5.74, 6) is 0.714. The third-order valence-corrected chi connectivity index (χ3v) is 5.85. The lowest BCUT2D eigenvalue weighted by atomic mass is 10.00. The molecule has 1 fully saturated rings. The Kier molecular flexibility index (Phi) is 4.53. The Morgan fingerprint density at radius 1 is 1.43 bits per heavy atom. The lowest BCUT2D eigenvalue weighted by molar-refractivity contribution is -0.133. The number of piperidine rings is 1. The van der Waals surface area contributed by atoms with Crippen molar-refractivity contribution in [3.05, 3.63) is 27.1 Å². The van der Waals surface area contributed by atoms with Crippen molar-refractivity contribution in [2.24, 2.45) is 5.92 Å². The summed E-state index contributed by atoms with van der Waals surface area (Å²) in [7, 11) is 0. The van der Waals surface area contributed by atoms with Crippen LogP contribution < -0.4 is 5.56 Å². The van der Waals surface area contributed by atoms with Crippen molar-refractivity contribution in [2.75, 3.05) is 13.1 Å². The average molecular weight is 333 g/mol. The number of likely N-dealkylation sites (tertiary alicyclic amines) is 1. The van der Waals surface area contributed by atoms with E-state index >= 15 is 0 Å². The van der Waals surface area contributed by atoms with Gasteiger partial charge < -0.3 is 4.90 Å². The van der Waals surface area contributed by atoms with Crippen molar-refractivity contribution in [2.45, 2.75) is 46.6 Å². The highest BCUT2D eigenvalue weighted by Crippen LogP contribution is 2.25. The number of rotatable bonds is 3. The standard InChI is InChI=1S/C17H23N3O2S/c1-11-5-4-7-19(9-11)14(21)6-8-20-10-18-16-15(17(20)22)12(2)13(3)23-16/h10-11H,4-9H2,1-3H3/t11-/m1/s1. The summed E-state index contributed by atoms with van der Waals surface area (Å²) < 4.78 is 1.58. The molecule has 1 aliphatic rings. The molecular weight excluding hydrogens is 310 g/mol. The van der Waals surface area contributed by atoms with Gasteiger partial charge in [-0.2, -0.15) is 0 Å². The van der Waals surface area contributed by atoms with Gasteiger partial charge in [-0.25, -0.2) is 4.98 Å². The zero-order chi connectivity index (χ0) is 16.6. The fourth-order valence-electron chi connectivity index (χ4n) is 3.22. The van der Waals surface area contributed by atoms with Gasteiger partial charge in [-0.1, -0.05) is 6.92 Å². The number of thiophene rings is 1. The van der Waals surface area contributed by atoms with Crippen LogP contribution in [0.2, 0.25) is 0 Å². The molecular formula is C17H23N3O2S. The Hall–Kier alpha value is -1.69. The van der Waals surface area contributed by atoms with Crippen molar-refractivity contribution in [1.82, 2.24) is 14.5 Å². The van der Waals surface area contributed by atoms with Crippen LogP contribution in [0.5, 0.6) is 0 Å². The number of hydrogen-bond acceptors (Lipinski definition) is 4. The van der Waals surface area contributed by atoms with Crippen LogP contribution in [0.3, 0.4) is 0 Å². The van der Waals surface area contributed by atoms with E-state index in [1.807, 2.05) is 18.7 Å². The van der Waals surface area contributed by atoms with E-state index in [0.717, 1.165) is 34.8 Å². The Morgan fingerprint density at radius 2 is 2.22 bits per heavy atom. The van der Waals surface area contributed by atoms with Crippen molar-refractivity contribution in [3.8, 4) is 0 Å². The molecule has 2 aromatic heterocycles. The Morgan fingerprint density at radius 3 is 2.96 bits per heavy atom. The fraction of sp³-hybridized carbons (Fsp3) is 0.588. The highest BCUT2D eigenvalue weighted by molar-refractivity contribution is 7.18. The highest BCUT2D eigenvalue weighted by Gasteiger charge is 2.21. The van der Waals surface area contributed by atoms with Gasteiger partial charge in [0.25, 0.3) is 5.56 Å². The Balaban J connectivity index is 1.74. The zero-order valence-electron chi connectivity index (χ0n) is 14.0. The van der Waals surface area contributed by atoms with Crippen LogP contribution in [-0.2, 0) is 11.3 Å². The minimum atomic E-state index is -0.0309. The minimum Gasteiger partial charge on any atom is -0.342 e. The van der Waals surface area contributed by atoms with E-state index in [2.05, 4.69) is 11.9 Å². The Labute approximate surface area is 139 Å². The number of fused-ring (bicyclic) bond motifs is 1. The van der Waals surface area contributed by atoms with Gasteiger partial charge in [0.2, 0.25) is 5.91 Å². The van der Waals surface area contributed by atoms with Crippen molar-refractivity contribution in [1.29, 1.82) is 0 Å². The first-order valence-electron chi connectivity index (χ1n) is 8.20. The molecule has 23 heavy (non-hydrogen) atoms. The number of hydrogen-bond donors (Lipinski definition) is 0. The highest BCUT2D eigenvalue weighted by atomic mass is 32.1. The van der Waals surface area contributed by atoms with Crippen LogP contribution in [0, 0.1) is 19.8 Å². The molecule has 0 aliphatic carbocycles. The molecule has 1 atom stereocenters. The number of aryl methyl sites for hydroxylation is 3. The first-order valence-corrected chi connectivity index (χ1v) is 9.02. The third kappa shape index (κ3) is 3.17. The number of carbonyl (C=O) groups is 1. The normalized spacial score (nSPS) is 18.6. The molecule has 0 saturated carbocycles. The quantitative estimate of drug-likeness (QED) is 0.868. The molecule has 0 unspecified atom stereocenters. The van der Waals surface area contributed by atoms with E-state index in [1.165, 1.54) is 6.42 Å². The van der Waals surface area contributed by atoms with E-state index in [4.69, 9.17) is 0 Å². The van der Waals surface area contributed by atoms with Crippen molar-refractivity contribution in [3.63, 3.8) is 0 Å². The molecule has 5 nitrogen and oxygen atoms in total. The summed E-state index contributed by atoms with van der Waals surface area (Å²) >= 11 is 1.55. The van der Waals surface area contributed by atoms with E-state index in [1.54, 1.807) is 22.2 Å². The summed E-state index contributed by atoms with van der Waals surface area (Å²) in [5.41, 5.74) is 0.977. The maximum atomic E-state index is 12.6. The summed E-state index contributed by atoms with van der Waals surface area (Å²) in [6.07, 6.45) is 4.21. The molecule has 0 spiro atoms. The van der Waals surface area contributed by atoms with Gasteiger partial charge in [-0.3, -0.25) is 14.2 Å². The predicted octanol–water partition coefficient (Wildman–Crippen LogP) is 2.72. The monoisotopic (exact) mass is 333 g/mol. The molecule has 6 heteroatoms. The second-order valence-electron chi connectivity index (χ2n) is 6.54. The average Bonchev–Trinajstić information content (AvgIpc) is 2.82. The van der Waals surface area contributed by atoms with Gasteiger partial charge in [-0.15, -0.1) is 11.3 Å². The van der Waals surface area contributed by atoms with Gasteiger partial charge in [-0.05, 0) is 38.2 Å². The molecule has 0 aromatic carbocycles. The van der Waals surface area contributed by atoms with E-state index in [0.29, 0.717) is 24.3 Å². The first kappa shape index (κ1) is 16.2. The molecule has 2 aromatic rings. The van der Waals surface area contributed by atoms with Gasteiger partial charge in [0.05, 0.1) is 11.7 Å². The molecule has 1 saturated heterocycles. The number of nitrogens with zero attached hydrogens (tertiary/aromatic N) is 3. The van der Waals surface area contributed by atoms with Crippen LogP contribution in [0.4, 0.5) is 0 Å². The van der Waals surface area contributed by atoms with Crippen LogP contribution >= 0.6 is 11.3 Å². The zero-order valence-corrected chi connectivity index (χ0v) is 14.8. The molecule has 124 valence electrons. The van der Waals surface area contributed by atoms with E-state index < -0.39 is 0 Å². The maximum absolute atomic E-state index is 12.6. The molecule has 0 bridgehead atoms. The minimum absolute atomic E-state index is 0.0309. The molecule has 1 aliphatic heterocycles. The van der Waals surface area contributed by atoms with Crippen LogP contribution in [-0.4, -0.2) is 33.4 Å². The number of aromatic nitrogens is 2. The molecule has 0 N–H and O–H groups in total. The predicted molar refractivity (Wildman–Crippen MR) is 92.9 cm³/mol. The lowest BCUT2D eigenvalue weighted by Crippen LogP contribution is -2.39. The largest absolute Gasteiger partial charge is 0.342 e. The fourth-order valence-corrected chi connectivity index (χ4v) is 4.21. The van der Waals surface area contributed by atoms with Crippen molar-refractivity contribution < 1.29 is 4.79 Å². The smallest absolute Gasteiger partial charge is 0.262 e. The molecule has 3 heterocycles. The summed E-state index contributed by atoms with van der Waals surface area (Å²) in [6, 6.07) is 0. The molecule has 1 amide bonds. The van der Waals surface area contributed by atoms with Crippen molar-refractivity contribution >= 4 is 27.5 Å². The lowest BCUT2D eigenvalue weighted by Gasteiger charge is -2.31. The second-order valence-corrected chi connectivity index (χ2v) is 7.75. The Bertz CT molecular complexity index is 793. The summed E-state index contributed by atoms with van der Waals surface area (Å²) in [6.45, 7) is 8.24. The molecule has 0 radical (unpaired) electrons. The topological polar surface area (TPSA) is 55.2 Å². The van der Waals surface area contributed by atoms with Gasteiger partial charge in [0, 0.05) is 30.9 Å². The van der Waals surface area contributed by atoms with Gasteiger partial charge in [0.15, 0.2) is 0 Å². The maximum Gasteiger partial charge on any atom is 0.262 e. The number of carbonyl (C=O) groups excluding carboxylic acids is 1. The van der Waals surface area contributed by atoms with Gasteiger partial charge in [0.1, 0.15) is 4.83 Å². The van der Waals surface area contributed by atoms with E-state index in [9.17, 15) is 9.59 Å².